The number of carbonyl (C=O) groups is 1. The van der Waals surface area contributed by atoms with E-state index in [1.165, 1.54) is 7.11 Å². The molecule has 0 N–H and O–H groups in total. The lowest BCUT2D eigenvalue weighted by Gasteiger charge is -2.21. The number of likely N-dealkylation sites (tertiary alicyclic amines) is 1. The molecule has 0 aliphatic carbocycles. The summed E-state index contributed by atoms with van der Waals surface area (Å²) in [5, 5.41) is 11.8. The molecule has 0 unspecified atom stereocenters. The summed E-state index contributed by atoms with van der Waals surface area (Å²) < 4.78 is 10.2. The predicted octanol–water partition coefficient (Wildman–Crippen LogP) is 1.97. The molecule has 1 fully saturated rings. The molecule has 3 rings (SSSR count). The molecular formula is C15H19N5O3. The van der Waals surface area contributed by atoms with Gasteiger partial charge in [-0.25, -0.2) is 0 Å². The van der Waals surface area contributed by atoms with Crippen LogP contribution >= 0.6 is 0 Å². The van der Waals surface area contributed by atoms with Crippen molar-refractivity contribution in [3.05, 3.63) is 29.5 Å². The maximum Gasteiger partial charge on any atom is 0.274 e. The van der Waals surface area contributed by atoms with Crippen LogP contribution in [0.1, 0.15) is 60.9 Å². The molecular weight excluding hydrogens is 298 g/mol. The molecule has 0 spiro atoms. The largest absolute Gasteiger partial charge is 0.480 e. The number of amides is 1. The van der Waals surface area contributed by atoms with Crippen molar-refractivity contribution in [2.45, 2.75) is 38.6 Å². The van der Waals surface area contributed by atoms with Crippen molar-refractivity contribution >= 4 is 5.91 Å². The smallest absolute Gasteiger partial charge is 0.274 e. The molecule has 2 aromatic heterocycles. The van der Waals surface area contributed by atoms with Gasteiger partial charge in [0.1, 0.15) is 0 Å². The maximum absolute atomic E-state index is 12.7. The summed E-state index contributed by atoms with van der Waals surface area (Å²) in [4.78, 5) is 18.8. The lowest BCUT2D eigenvalue weighted by molar-refractivity contribution is 0.0721. The van der Waals surface area contributed by atoms with Gasteiger partial charge in [-0.1, -0.05) is 19.0 Å². The van der Waals surface area contributed by atoms with Crippen molar-refractivity contribution in [3.63, 3.8) is 0 Å². The van der Waals surface area contributed by atoms with Crippen molar-refractivity contribution in [2.75, 3.05) is 13.7 Å². The Morgan fingerprint density at radius 3 is 2.83 bits per heavy atom. The van der Waals surface area contributed by atoms with Crippen LogP contribution in [0.15, 0.2) is 16.7 Å². The number of carbonyl (C=O) groups excluding carboxylic acids is 1. The van der Waals surface area contributed by atoms with Gasteiger partial charge in [0.25, 0.3) is 5.91 Å². The highest BCUT2D eigenvalue weighted by atomic mass is 16.5. The minimum Gasteiger partial charge on any atom is -0.480 e. The molecule has 2 aromatic rings. The predicted molar refractivity (Wildman–Crippen MR) is 80.0 cm³/mol. The highest BCUT2D eigenvalue weighted by Crippen LogP contribution is 2.31. The van der Waals surface area contributed by atoms with Crippen LogP contribution in [0.3, 0.4) is 0 Å². The van der Waals surface area contributed by atoms with Gasteiger partial charge in [0.2, 0.25) is 11.8 Å². The zero-order valence-electron chi connectivity index (χ0n) is 13.4. The van der Waals surface area contributed by atoms with Crippen molar-refractivity contribution < 1.29 is 14.1 Å². The zero-order chi connectivity index (χ0) is 16.4. The number of ether oxygens (including phenoxy) is 1. The summed E-state index contributed by atoms with van der Waals surface area (Å²) >= 11 is 0. The first-order valence-corrected chi connectivity index (χ1v) is 7.62. The molecule has 0 aromatic carbocycles. The van der Waals surface area contributed by atoms with Gasteiger partial charge in [-0.15, -0.1) is 10.2 Å². The lowest BCUT2D eigenvalue weighted by Crippen LogP contribution is -2.31. The fourth-order valence-electron chi connectivity index (χ4n) is 2.59. The summed E-state index contributed by atoms with van der Waals surface area (Å²) in [6, 6.07) is 3.05. The van der Waals surface area contributed by atoms with Gasteiger partial charge in [-0.3, -0.25) is 4.79 Å². The van der Waals surface area contributed by atoms with Gasteiger partial charge in [0.05, 0.1) is 13.2 Å². The number of nitrogens with zero attached hydrogens (tertiary/aromatic N) is 5. The second kappa shape index (κ2) is 6.31. The third kappa shape index (κ3) is 3.01. The minimum absolute atomic E-state index is 0.161. The molecule has 8 nitrogen and oxygen atoms in total. The van der Waals surface area contributed by atoms with Gasteiger partial charge in [0.15, 0.2) is 11.5 Å². The third-order valence-corrected chi connectivity index (χ3v) is 3.83. The van der Waals surface area contributed by atoms with Gasteiger partial charge in [0, 0.05) is 18.5 Å². The normalized spacial score (nSPS) is 17.7. The van der Waals surface area contributed by atoms with Crippen molar-refractivity contribution in [1.82, 2.24) is 25.2 Å². The van der Waals surface area contributed by atoms with Crippen LogP contribution in [-0.4, -0.2) is 44.8 Å². The van der Waals surface area contributed by atoms with Gasteiger partial charge in [-0.05, 0) is 18.9 Å². The fourth-order valence-corrected chi connectivity index (χ4v) is 2.59. The number of methoxy groups -OCH3 is 1. The van der Waals surface area contributed by atoms with E-state index < -0.39 is 0 Å². The molecule has 8 heteroatoms. The van der Waals surface area contributed by atoms with Crippen LogP contribution < -0.4 is 4.74 Å². The van der Waals surface area contributed by atoms with E-state index in [2.05, 4.69) is 20.3 Å². The zero-order valence-corrected chi connectivity index (χ0v) is 13.4. The van der Waals surface area contributed by atoms with Gasteiger partial charge < -0.3 is 14.2 Å². The molecule has 3 heterocycles. The van der Waals surface area contributed by atoms with E-state index in [0.717, 1.165) is 12.8 Å². The Morgan fingerprint density at radius 2 is 2.22 bits per heavy atom. The second-order valence-corrected chi connectivity index (χ2v) is 5.76. The van der Waals surface area contributed by atoms with Gasteiger partial charge >= 0.3 is 0 Å². The number of aromatic nitrogens is 4. The highest BCUT2D eigenvalue weighted by molar-refractivity contribution is 5.92. The second-order valence-electron chi connectivity index (χ2n) is 5.76. The quantitative estimate of drug-likeness (QED) is 0.850. The van der Waals surface area contributed by atoms with Crippen molar-refractivity contribution in [1.29, 1.82) is 0 Å². The minimum atomic E-state index is -0.182. The number of rotatable bonds is 4. The number of hydrogen-bond acceptors (Lipinski definition) is 7. The monoisotopic (exact) mass is 317 g/mol. The molecule has 1 atom stereocenters. The highest BCUT2D eigenvalue weighted by Gasteiger charge is 2.34. The topological polar surface area (TPSA) is 94.2 Å². The summed E-state index contributed by atoms with van der Waals surface area (Å²) in [5.74, 6) is 1.50. The molecule has 122 valence electrons. The van der Waals surface area contributed by atoms with Crippen LogP contribution in [-0.2, 0) is 0 Å². The Kier molecular flexibility index (Phi) is 4.22. The van der Waals surface area contributed by atoms with Crippen LogP contribution in [0.2, 0.25) is 0 Å². The first kappa shape index (κ1) is 15.4. The van der Waals surface area contributed by atoms with E-state index in [1.807, 2.05) is 13.8 Å². The van der Waals surface area contributed by atoms with E-state index in [-0.39, 0.29) is 23.6 Å². The Morgan fingerprint density at radius 1 is 1.39 bits per heavy atom. The third-order valence-electron chi connectivity index (χ3n) is 3.83. The maximum atomic E-state index is 12.7. The van der Waals surface area contributed by atoms with Crippen LogP contribution in [0, 0.1) is 0 Å². The van der Waals surface area contributed by atoms with Crippen LogP contribution in [0.4, 0.5) is 0 Å². The van der Waals surface area contributed by atoms with E-state index >= 15 is 0 Å². The summed E-state index contributed by atoms with van der Waals surface area (Å²) in [6.07, 6.45) is 1.71. The summed E-state index contributed by atoms with van der Waals surface area (Å²) in [6.45, 7) is 4.62. The van der Waals surface area contributed by atoms with E-state index in [0.29, 0.717) is 24.1 Å². The average molecular weight is 317 g/mol. The first-order chi connectivity index (χ1) is 11.1. The molecule has 1 saturated heterocycles. The molecule has 1 aliphatic rings. The van der Waals surface area contributed by atoms with Crippen molar-refractivity contribution in [3.8, 4) is 5.88 Å². The Balaban J connectivity index is 1.80. The van der Waals surface area contributed by atoms with E-state index in [9.17, 15) is 4.79 Å². The van der Waals surface area contributed by atoms with Crippen LogP contribution in [0.25, 0.3) is 0 Å². The SMILES string of the molecule is COc1ccc(C(=O)N2CCC[C@@H]2c2noc(C(C)C)n2)nn1. The Bertz CT molecular complexity index is 683. The molecule has 1 aliphatic heterocycles. The fraction of sp³-hybridized carbons (Fsp3) is 0.533. The first-order valence-electron chi connectivity index (χ1n) is 7.62. The molecule has 0 bridgehead atoms. The summed E-state index contributed by atoms with van der Waals surface area (Å²) in [7, 11) is 1.50. The Labute approximate surface area is 133 Å². The molecule has 1 amide bonds. The van der Waals surface area contributed by atoms with E-state index in [1.54, 1.807) is 17.0 Å². The number of hydrogen-bond donors (Lipinski definition) is 0. The average Bonchev–Trinajstić information content (AvgIpc) is 3.22. The molecule has 0 radical (unpaired) electrons. The Hall–Kier alpha value is -2.51. The van der Waals surface area contributed by atoms with Crippen LogP contribution in [0.5, 0.6) is 5.88 Å². The van der Waals surface area contributed by atoms with Gasteiger partial charge in [-0.2, -0.15) is 4.98 Å². The molecule has 23 heavy (non-hydrogen) atoms. The standard InChI is InChI=1S/C15H19N5O3/c1-9(2)14-16-13(19-23-14)11-5-4-8-20(11)15(21)10-6-7-12(22-3)18-17-10/h6-7,9,11H,4-5,8H2,1-3H3/t11-/m1/s1. The lowest BCUT2D eigenvalue weighted by atomic mass is 10.2. The summed E-state index contributed by atoms with van der Waals surface area (Å²) in [5.41, 5.74) is 0.283. The molecule has 0 saturated carbocycles. The van der Waals surface area contributed by atoms with E-state index in [4.69, 9.17) is 9.26 Å². The van der Waals surface area contributed by atoms with Crippen molar-refractivity contribution in [2.24, 2.45) is 0 Å².